The fourth-order valence-corrected chi connectivity index (χ4v) is 1.17. The predicted molar refractivity (Wildman–Crippen MR) is 57.5 cm³/mol. The van der Waals surface area contributed by atoms with Gasteiger partial charge in [-0.1, -0.05) is 19.1 Å². The molecule has 0 heterocycles. The smallest absolute Gasteiger partial charge is 0.119 e. The Bertz CT molecular complexity index is 274. The largest absolute Gasteiger partial charge is 0.491 e. The van der Waals surface area contributed by atoms with Crippen molar-refractivity contribution in [2.75, 3.05) is 13.2 Å². The summed E-state index contributed by atoms with van der Waals surface area (Å²) in [4.78, 5) is 4.30. The molecule has 0 saturated heterocycles. The van der Waals surface area contributed by atoms with Gasteiger partial charge in [-0.3, -0.25) is 0 Å². The molecule has 15 heavy (non-hydrogen) atoms. The number of hydrogen-bond acceptors (Lipinski definition) is 4. The summed E-state index contributed by atoms with van der Waals surface area (Å²) in [6.45, 7) is 2.36. The minimum absolute atomic E-state index is 0.0764. The highest BCUT2D eigenvalue weighted by atomic mass is 16.6. The van der Waals surface area contributed by atoms with Crippen LogP contribution in [0.5, 0.6) is 5.75 Å². The number of aliphatic hydroxyl groups is 1. The van der Waals surface area contributed by atoms with Gasteiger partial charge in [-0.15, -0.1) is 0 Å². The highest BCUT2D eigenvalue weighted by molar-refractivity contribution is 5.27. The number of ether oxygens (including phenoxy) is 1. The van der Waals surface area contributed by atoms with Crippen LogP contribution in [-0.2, 0) is 11.3 Å². The van der Waals surface area contributed by atoms with E-state index in [0.717, 1.165) is 12.2 Å². The maximum absolute atomic E-state index is 9.28. The minimum atomic E-state index is -0.694. The molecule has 0 radical (unpaired) electrons. The molecule has 0 amide bonds. The van der Waals surface area contributed by atoms with Crippen molar-refractivity contribution in [2.24, 2.45) is 5.90 Å². The highest BCUT2D eigenvalue weighted by Gasteiger charge is 2.04. The Balaban J connectivity index is 2.37. The number of aryl methyl sites for hydroxylation is 1. The summed E-state index contributed by atoms with van der Waals surface area (Å²) in [6.07, 6.45) is 0.310. The van der Waals surface area contributed by atoms with Gasteiger partial charge in [0.2, 0.25) is 0 Å². The molecule has 0 bridgehead atoms. The Kier molecular flexibility index (Phi) is 5.10. The topological polar surface area (TPSA) is 64.7 Å². The predicted octanol–water partition coefficient (Wildman–Crippen LogP) is 0.879. The van der Waals surface area contributed by atoms with Crippen molar-refractivity contribution in [3.8, 4) is 5.75 Å². The number of aliphatic hydroxyl groups excluding tert-OH is 1. The van der Waals surface area contributed by atoms with Gasteiger partial charge >= 0.3 is 0 Å². The molecule has 0 aliphatic heterocycles. The van der Waals surface area contributed by atoms with Gasteiger partial charge in [-0.25, -0.2) is 5.90 Å². The molecular formula is C11H17NO3. The fourth-order valence-electron chi connectivity index (χ4n) is 1.17. The highest BCUT2D eigenvalue weighted by Crippen LogP contribution is 2.12. The first-order valence-electron chi connectivity index (χ1n) is 4.97. The zero-order valence-corrected chi connectivity index (χ0v) is 8.85. The van der Waals surface area contributed by atoms with Gasteiger partial charge in [-0.05, 0) is 24.1 Å². The van der Waals surface area contributed by atoms with Gasteiger partial charge < -0.3 is 14.7 Å². The van der Waals surface area contributed by atoms with Crippen LogP contribution in [-0.4, -0.2) is 24.4 Å². The first-order chi connectivity index (χ1) is 7.26. The average molecular weight is 211 g/mol. The standard InChI is InChI=1S/C11H17NO3/c1-2-9-3-5-11(6-4-9)14-7-10(13)8-15-12/h3-6,10,13H,2,7-8,12H2,1H3. The zero-order chi connectivity index (χ0) is 11.1. The van der Waals surface area contributed by atoms with Gasteiger partial charge in [0.25, 0.3) is 0 Å². The quantitative estimate of drug-likeness (QED) is 0.685. The third-order valence-corrected chi connectivity index (χ3v) is 2.06. The molecule has 1 unspecified atom stereocenters. The van der Waals surface area contributed by atoms with E-state index in [0.29, 0.717) is 0 Å². The van der Waals surface area contributed by atoms with Crippen molar-refractivity contribution in [2.45, 2.75) is 19.4 Å². The summed E-state index contributed by atoms with van der Waals surface area (Å²) >= 11 is 0. The van der Waals surface area contributed by atoms with Crippen LogP contribution in [0.25, 0.3) is 0 Å². The summed E-state index contributed by atoms with van der Waals surface area (Å²) in [5.41, 5.74) is 1.26. The average Bonchev–Trinajstić information content (AvgIpc) is 2.27. The fraction of sp³-hybridized carbons (Fsp3) is 0.455. The Morgan fingerprint density at radius 1 is 1.27 bits per heavy atom. The number of benzene rings is 1. The molecule has 1 rings (SSSR count). The number of nitrogens with two attached hydrogens (primary N) is 1. The summed E-state index contributed by atoms with van der Waals surface area (Å²) < 4.78 is 5.33. The molecule has 0 aliphatic carbocycles. The van der Waals surface area contributed by atoms with E-state index in [1.165, 1.54) is 5.56 Å². The minimum Gasteiger partial charge on any atom is -0.491 e. The van der Waals surface area contributed by atoms with E-state index >= 15 is 0 Å². The van der Waals surface area contributed by atoms with E-state index in [9.17, 15) is 5.11 Å². The molecular weight excluding hydrogens is 194 g/mol. The van der Waals surface area contributed by atoms with Crippen LogP contribution in [0.4, 0.5) is 0 Å². The molecule has 0 aromatic heterocycles. The van der Waals surface area contributed by atoms with Crippen LogP contribution in [0.1, 0.15) is 12.5 Å². The van der Waals surface area contributed by atoms with Crippen LogP contribution in [0, 0.1) is 0 Å². The molecule has 84 valence electrons. The zero-order valence-electron chi connectivity index (χ0n) is 8.85. The van der Waals surface area contributed by atoms with E-state index in [2.05, 4.69) is 11.8 Å². The van der Waals surface area contributed by atoms with Gasteiger partial charge in [-0.2, -0.15) is 0 Å². The van der Waals surface area contributed by atoms with Crippen LogP contribution in [0.3, 0.4) is 0 Å². The van der Waals surface area contributed by atoms with E-state index in [4.69, 9.17) is 10.6 Å². The van der Waals surface area contributed by atoms with Gasteiger partial charge in [0.15, 0.2) is 0 Å². The Morgan fingerprint density at radius 2 is 1.93 bits per heavy atom. The first kappa shape index (κ1) is 12.0. The Hall–Kier alpha value is -1.10. The van der Waals surface area contributed by atoms with Crippen LogP contribution >= 0.6 is 0 Å². The maximum atomic E-state index is 9.28. The van der Waals surface area contributed by atoms with Gasteiger partial charge in [0.05, 0.1) is 6.61 Å². The molecule has 0 fully saturated rings. The molecule has 3 N–H and O–H groups in total. The summed E-state index contributed by atoms with van der Waals surface area (Å²) in [7, 11) is 0. The second-order valence-corrected chi connectivity index (χ2v) is 3.30. The van der Waals surface area contributed by atoms with Gasteiger partial charge in [0.1, 0.15) is 18.5 Å². The normalized spacial score (nSPS) is 12.5. The Labute approximate surface area is 89.6 Å². The van der Waals surface area contributed by atoms with Crippen LogP contribution in [0.2, 0.25) is 0 Å². The monoisotopic (exact) mass is 211 g/mol. The SMILES string of the molecule is CCc1ccc(OCC(O)CON)cc1. The molecule has 0 saturated carbocycles. The molecule has 1 aromatic rings. The van der Waals surface area contributed by atoms with Crippen LogP contribution < -0.4 is 10.6 Å². The van der Waals surface area contributed by atoms with E-state index in [-0.39, 0.29) is 13.2 Å². The van der Waals surface area contributed by atoms with Crippen LogP contribution in [0.15, 0.2) is 24.3 Å². The lowest BCUT2D eigenvalue weighted by Gasteiger charge is -2.11. The molecule has 0 aliphatic rings. The summed E-state index contributed by atoms with van der Waals surface area (Å²) in [5.74, 6) is 5.56. The molecule has 1 atom stereocenters. The van der Waals surface area contributed by atoms with Crippen molar-refractivity contribution in [3.05, 3.63) is 29.8 Å². The summed E-state index contributed by atoms with van der Waals surface area (Å²) in [5, 5.41) is 9.28. The lowest BCUT2D eigenvalue weighted by molar-refractivity contribution is 0.0116. The molecule has 4 nitrogen and oxygen atoms in total. The van der Waals surface area contributed by atoms with Crippen molar-refractivity contribution < 1.29 is 14.7 Å². The van der Waals surface area contributed by atoms with Gasteiger partial charge in [0, 0.05) is 0 Å². The summed E-state index contributed by atoms with van der Waals surface area (Å²) in [6, 6.07) is 7.77. The second kappa shape index (κ2) is 6.40. The molecule has 4 heteroatoms. The van der Waals surface area contributed by atoms with E-state index in [1.54, 1.807) is 0 Å². The van der Waals surface area contributed by atoms with Crippen molar-refractivity contribution in [1.29, 1.82) is 0 Å². The lowest BCUT2D eigenvalue weighted by Crippen LogP contribution is -2.25. The third-order valence-electron chi connectivity index (χ3n) is 2.06. The Morgan fingerprint density at radius 3 is 2.47 bits per heavy atom. The van der Waals surface area contributed by atoms with E-state index < -0.39 is 6.10 Å². The maximum Gasteiger partial charge on any atom is 0.119 e. The lowest BCUT2D eigenvalue weighted by atomic mass is 10.2. The van der Waals surface area contributed by atoms with Crippen molar-refractivity contribution in [1.82, 2.24) is 0 Å². The number of rotatable bonds is 6. The number of hydrogen-bond donors (Lipinski definition) is 2. The second-order valence-electron chi connectivity index (χ2n) is 3.30. The van der Waals surface area contributed by atoms with E-state index in [1.807, 2.05) is 24.3 Å². The van der Waals surface area contributed by atoms with Crippen molar-refractivity contribution in [3.63, 3.8) is 0 Å². The third kappa shape index (κ3) is 4.29. The molecule has 0 spiro atoms. The van der Waals surface area contributed by atoms with Crippen molar-refractivity contribution >= 4 is 0 Å². The first-order valence-corrected chi connectivity index (χ1v) is 4.97. The molecule has 1 aromatic carbocycles.